The van der Waals surface area contributed by atoms with Crippen LogP contribution in [0.25, 0.3) is 0 Å². The Balaban J connectivity index is 2.19. The van der Waals surface area contributed by atoms with Crippen LogP contribution >= 0.6 is 0 Å². The molecule has 1 unspecified atom stereocenters. The van der Waals surface area contributed by atoms with Gasteiger partial charge in [0.25, 0.3) is 0 Å². The molecule has 1 saturated heterocycles. The molecule has 0 radical (unpaired) electrons. The third-order valence-corrected chi connectivity index (χ3v) is 4.10. The second-order valence-electron chi connectivity index (χ2n) is 5.62. The number of hydrogen-bond donors (Lipinski definition) is 2. The molecule has 1 atom stereocenters. The number of rotatable bonds is 6. The average Bonchev–Trinajstić information content (AvgIpc) is 2.55. The first-order valence-electron chi connectivity index (χ1n) is 8.04. The summed E-state index contributed by atoms with van der Waals surface area (Å²) in [6, 6.07) is 8.41. The Morgan fingerprint density at radius 2 is 2.14 bits per heavy atom. The van der Waals surface area contributed by atoms with Crippen molar-refractivity contribution in [1.82, 2.24) is 10.6 Å². The van der Waals surface area contributed by atoms with Crippen LogP contribution in [0.5, 0.6) is 0 Å². The normalized spacial score (nSPS) is 18.6. The van der Waals surface area contributed by atoms with E-state index in [2.05, 4.69) is 46.7 Å². The van der Waals surface area contributed by atoms with Crippen LogP contribution in [-0.4, -0.2) is 32.1 Å². The maximum absolute atomic E-state index is 12.2. The Morgan fingerprint density at radius 3 is 2.90 bits per heavy atom. The van der Waals surface area contributed by atoms with Gasteiger partial charge in [-0.3, -0.25) is 4.79 Å². The number of hydrogen-bond acceptors (Lipinski definition) is 3. The summed E-state index contributed by atoms with van der Waals surface area (Å²) < 4.78 is 0. The van der Waals surface area contributed by atoms with E-state index in [4.69, 9.17) is 0 Å². The van der Waals surface area contributed by atoms with Gasteiger partial charge in [-0.25, -0.2) is 0 Å². The molecule has 4 nitrogen and oxygen atoms in total. The van der Waals surface area contributed by atoms with E-state index in [1.165, 1.54) is 11.3 Å². The van der Waals surface area contributed by atoms with Crippen molar-refractivity contribution < 1.29 is 4.79 Å². The van der Waals surface area contributed by atoms with Gasteiger partial charge in [0.1, 0.15) is 6.04 Å². The Hall–Kier alpha value is -1.55. The summed E-state index contributed by atoms with van der Waals surface area (Å²) in [7, 11) is 1.73. The minimum absolute atomic E-state index is 0.0314. The van der Waals surface area contributed by atoms with Gasteiger partial charge in [0.05, 0.1) is 0 Å². The maximum Gasteiger partial charge on any atom is 0.242 e. The number of amides is 1. The molecule has 1 heterocycles. The van der Waals surface area contributed by atoms with Crippen molar-refractivity contribution in [2.24, 2.45) is 0 Å². The standard InChI is InChI=1S/C17H27N3O/c1-3-11-19-13-14-8-4-5-9-15(14)20-12-7-6-10-16(20)17(21)18-2/h4-5,8-9,16,19H,3,6-7,10-13H2,1-2H3,(H,18,21). The molecule has 1 amide bonds. The van der Waals surface area contributed by atoms with E-state index in [9.17, 15) is 4.79 Å². The van der Waals surface area contributed by atoms with Gasteiger partial charge in [-0.05, 0) is 43.9 Å². The van der Waals surface area contributed by atoms with Crippen molar-refractivity contribution >= 4 is 11.6 Å². The molecular formula is C17H27N3O. The zero-order valence-electron chi connectivity index (χ0n) is 13.2. The first-order valence-corrected chi connectivity index (χ1v) is 8.04. The lowest BCUT2D eigenvalue weighted by Crippen LogP contribution is -2.49. The van der Waals surface area contributed by atoms with E-state index in [0.717, 1.165) is 45.3 Å². The number of nitrogens with one attached hydrogen (secondary N) is 2. The summed E-state index contributed by atoms with van der Waals surface area (Å²) in [5.74, 6) is 0.131. The average molecular weight is 289 g/mol. The minimum Gasteiger partial charge on any atom is -0.359 e. The van der Waals surface area contributed by atoms with E-state index in [0.29, 0.717) is 0 Å². The van der Waals surface area contributed by atoms with Crippen molar-refractivity contribution in [2.75, 3.05) is 25.0 Å². The lowest BCUT2D eigenvalue weighted by Gasteiger charge is -2.37. The zero-order chi connectivity index (χ0) is 15.1. The fourth-order valence-corrected chi connectivity index (χ4v) is 3.00. The van der Waals surface area contributed by atoms with Crippen molar-refractivity contribution in [3.05, 3.63) is 29.8 Å². The summed E-state index contributed by atoms with van der Waals surface area (Å²) in [4.78, 5) is 14.4. The van der Waals surface area contributed by atoms with E-state index in [1.807, 2.05) is 0 Å². The fourth-order valence-electron chi connectivity index (χ4n) is 3.00. The van der Waals surface area contributed by atoms with Gasteiger partial charge in [0.2, 0.25) is 5.91 Å². The van der Waals surface area contributed by atoms with Crippen molar-refractivity contribution in [3.63, 3.8) is 0 Å². The van der Waals surface area contributed by atoms with Crippen molar-refractivity contribution in [1.29, 1.82) is 0 Å². The quantitative estimate of drug-likeness (QED) is 0.790. The number of likely N-dealkylation sites (N-methyl/N-ethyl adjacent to an activating group) is 1. The van der Waals surface area contributed by atoms with Crippen molar-refractivity contribution in [2.45, 2.75) is 45.2 Å². The highest BCUT2D eigenvalue weighted by atomic mass is 16.2. The van der Waals surface area contributed by atoms with Crippen LogP contribution in [0, 0.1) is 0 Å². The molecule has 1 aromatic carbocycles. The Labute approximate surface area is 127 Å². The predicted octanol–water partition coefficient (Wildman–Crippen LogP) is 2.29. The molecular weight excluding hydrogens is 262 g/mol. The first kappa shape index (κ1) is 15.8. The van der Waals surface area contributed by atoms with Gasteiger partial charge in [0.15, 0.2) is 0 Å². The van der Waals surface area contributed by atoms with E-state index < -0.39 is 0 Å². The number of piperidine rings is 1. The molecule has 0 spiro atoms. The molecule has 0 aromatic heterocycles. The highest BCUT2D eigenvalue weighted by Crippen LogP contribution is 2.28. The summed E-state index contributed by atoms with van der Waals surface area (Å²) in [5.41, 5.74) is 2.48. The number of carbonyl (C=O) groups excluding carboxylic acids is 1. The molecule has 21 heavy (non-hydrogen) atoms. The van der Waals surface area contributed by atoms with Gasteiger partial charge < -0.3 is 15.5 Å². The van der Waals surface area contributed by atoms with Crippen LogP contribution in [0.2, 0.25) is 0 Å². The van der Waals surface area contributed by atoms with Crippen molar-refractivity contribution in [3.8, 4) is 0 Å². The Kier molecular flexibility index (Phi) is 6.05. The predicted molar refractivity (Wildman–Crippen MR) is 87.5 cm³/mol. The van der Waals surface area contributed by atoms with Crippen LogP contribution in [0.4, 0.5) is 5.69 Å². The molecule has 2 N–H and O–H groups in total. The molecule has 1 fully saturated rings. The smallest absolute Gasteiger partial charge is 0.242 e. The van der Waals surface area contributed by atoms with E-state index in [-0.39, 0.29) is 11.9 Å². The summed E-state index contributed by atoms with van der Waals surface area (Å²) in [6.07, 6.45) is 4.36. The topological polar surface area (TPSA) is 44.4 Å². The Morgan fingerprint density at radius 1 is 1.33 bits per heavy atom. The first-order chi connectivity index (χ1) is 10.3. The zero-order valence-corrected chi connectivity index (χ0v) is 13.2. The van der Waals surface area contributed by atoms with Crippen LogP contribution < -0.4 is 15.5 Å². The number of anilines is 1. The number of para-hydroxylation sites is 1. The largest absolute Gasteiger partial charge is 0.359 e. The van der Waals surface area contributed by atoms with Gasteiger partial charge >= 0.3 is 0 Å². The molecule has 1 aliphatic heterocycles. The van der Waals surface area contributed by atoms with Crippen LogP contribution in [0.15, 0.2) is 24.3 Å². The molecule has 0 bridgehead atoms. The van der Waals surface area contributed by atoms with Crippen LogP contribution in [0.1, 0.15) is 38.2 Å². The second-order valence-corrected chi connectivity index (χ2v) is 5.62. The van der Waals surface area contributed by atoms with Gasteiger partial charge in [0, 0.05) is 25.8 Å². The maximum atomic E-state index is 12.2. The summed E-state index contributed by atoms with van der Waals surface area (Å²) in [5, 5.41) is 6.27. The third-order valence-electron chi connectivity index (χ3n) is 4.10. The fraction of sp³-hybridized carbons (Fsp3) is 0.588. The lowest BCUT2D eigenvalue weighted by atomic mass is 9.99. The van der Waals surface area contributed by atoms with Gasteiger partial charge in [-0.15, -0.1) is 0 Å². The minimum atomic E-state index is -0.0314. The van der Waals surface area contributed by atoms with E-state index >= 15 is 0 Å². The SMILES string of the molecule is CCCNCc1ccccc1N1CCCCC1C(=O)NC. The molecule has 116 valence electrons. The highest BCUT2D eigenvalue weighted by Gasteiger charge is 2.29. The van der Waals surface area contributed by atoms with Gasteiger partial charge in [-0.2, -0.15) is 0 Å². The number of nitrogens with zero attached hydrogens (tertiary/aromatic N) is 1. The van der Waals surface area contributed by atoms with Crippen LogP contribution in [-0.2, 0) is 11.3 Å². The second kappa shape index (κ2) is 8.03. The molecule has 0 aliphatic carbocycles. The molecule has 4 heteroatoms. The van der Waals surface area contributed by atoms with Crippen LogP contribution in [0.3, 0.4) is 0 Å². The number of benzene rings is 1. The van der Waals surface area contributed by atoms with Gasteiger partial charge in [-0.1, -0.05) is 25.1 Å². The lowest BCUT2D eigenvalue weighted by molar-refractivity contribution is -0.122. The molecule has 1 aromatic rings. The third kappa shape index (κ3) is 3.97. The number of carbonyl (C=O) groups is 1. The monoisotopic (exact) mass is 289 g/mol. The summed E-state index contributed by atoms with van der Waals surface area (Å²) >= 11 is 0. The summed E-state index contributed by atoms with van der Waals surface area (Å²) in [6.45, 7) is 5.02. The highest BCUT2D eigenvalue weighted by molar-refractivity contribution is 5.85. The van der Waals surface area contributed by atoms with E-state index in [1.54, 1.807) is 7.05 Å². The molecule has 0 saturated carbocycles. The molecule has 1 aliphatic rings. The Bertz CT molecular complexity index is 461. The molecule has 2 rings (SSSR count).